The molecule has 1 N–H and O–H groups in total. The van der Waals surface area contributed by atoms with Crippen molar-refractivity contribution in [1.29, 1.82) is 0 Å². The molecule has 9 heteroatoms. The lowest BCUT2D eigenvalue weighted by Gasteiger charge is -2.46. The second kappa shape index (κ2) is 7.64. The van der Waals surface area contributed by atoms with Gasteiger partial charge >= 0.3 is 0 Å². The van der Waals surface area contributed by atoms with Crippen LogP contribution in [0.2, 0.25) is 0 Å². The molecule has 1 amide bonds. The lowest BCUT2D eigenvalue weighted by Crippen LogP contribution is -2.53. The second-order valence-electron chi connectivity index (χ2n) is 8.58. The summed E-state index contributed by atoms with van der Waals surface area (Å²) in [5.74, 6) is 0.138. The van der Waals surface area contributed by atoms with Gasteiger partial charge in [0.25, 0.3) is 5.56 Å². The minimum absolute atomic E-state index is 0.0461. The van der Waals surface area contributed by atoms with E-state index in [9.17, 15) is 9.59 Å². The molecule has 3 aromatic heterocycles. The van der Waals surface area contributed by atoms with Gasteiger partial charge in [-0.2, -0.15) is 5.10 Å². The fourth-order valence-electron chi connectivity index (χ4n) is 4.87. The van der Waals surface area contributed by atoms with Gasteiger partial charge in [0.1, 0.15) is 6.04 Å². The quantitative estimate of drug-likeness (QED) is 0.675. The van der Waals surface area contributed by atoms with Crippen LogP contribution in [0.1, 0.15) is 40.2 Å². The number of aryl methyl sites for hydroxylation is 3. The number of fused-ring (bicyclic) bond motifs is 4. The van der Waals surface area contributed by atoms with Crippen LogP contribution in [0.3, 0.4) is 0 Å². The molecular weight excluding hydrogens is 412 g/mol. The number of carbonyl (C=O) groups is 1. The van der Waals surface area contributed by atoms with Crippen molar-refractivity contribution in [3.63, 3.8) is 0 Å². The molecule has 0 radical (unpaired) electrons. The Labute approximate surface area is 184 Å². The van der Waals surface area contributed by atoms with Crippen LogP contribution >= 0.6 is 11.3 Å². The first-order valence-corrected chi connectivity index (χ1v) is 11.4. The maximum absolute atomic E-state index is 13.4. The number of piperidine rings is 1. The molecule has 0 aliphatic carbocycles. The van der Waals surface area contributed by atoms with Gasteiger partial charge in [-0.25, -0.2) is 4.98 Å². The van der Waals surface area contributed by atoms with E-state index in [1.165, 1.54) is 4.88 Å². The zero-order chi connectivity index (χ0) is 21.7. The number of nitrogens with one attached hydrogen (secondary N) is 1. The molecule has 2 aliphatic rings. The minimum atomic E-state index is -0.526. The van der Waals surface area contributed by atoms with Gasteiger partial charge in [-0.3, -0.25) is 18.8 Å². The van der Waals surface area contributed by atoms with Crippen molar-refractivity contribution in [1.82, 2.24) is 24.6 Å². The van der Waals surface area contributed by atoms with Crippen LogP contribution in [-0.2, 0) is 18.4 Å². The average molecular weight is 439 g/mol. The molecule has 0 spiro atoms. The highest BCUT2D eigenvalue weighted by atomic mass is 32.1. The monoisotopic (exact) mass is 438 g/mol. The summed E-state index contributed by atoms with van der Waals surface area (Å²) in [4.78, 5) is 34.5. The summed E-state index contributed by atoms with van der Waals surface area (Å²) in [7, 11) is 1.85. The summed E-state index contributed by atoms with van der Waals surface area (Å²) in [5.41, 5.74) is 2.82. The van der Waals surface area contributed by atoms with E-state index >= 15 is 0 Å². The average Bonchev–Trinajstić information content (AvgIpc) is 3.32. The molecule has 0 aromatic carbocycles. The minimum Gasteiger partial charge on any atom is -0.350 e. The van der Waals surface area contributed by atoms with E-state index in [0.717, 1.165) is 35.0 Å². The van der Waals surface area contributed by atoms with E-state index in [-0.39, 0.29) is 23.3 Å². The Bertz CT molecular complexity index is 1180. The first kappa shape index (κ1) is 20.0. The number of carbonyl (C=O) groups excluding carboxylic acids is 1. The maximum atomic E-state index is 13.4. The van der Waals surface area contributed by atoms with Gasteiger partial charge in [0.05, 0.1) is 11.9 Å². The molecule has 0 saturated carbocycles. The Kier molecular flexibility index (Phi) is 4.92. The summed E-state index contributed by atoms with van der Waals surface area (Å²) in [6.07, 6.45) is 4.52. The number of hydrogen-bond donors (Lipinski definition) is 1. The molecule has 2 bridgehead atoms. The zero-order valence-corrected chi connectivity index (χ0v) is 18.7. The van der Waals surface area contributed by atoms with Crippen LogP contribution in [0.4, 0.5) is 5.13 Å². The highest BCUT2D eigenvalue weighted by molar-refractivity contribution is 7.15. The van der Waals surface area contributed by atoms with Gasteiger partial charge in [-0.1, -0.05) is 6.07 Å². The summed E-state index contributed by atoms with van der Waals surface area (Å²) in [5, 5.41) is 8.20. The van der Waals surface area contributed by atoms with Crippen LogP contribution in [0, 0.1) is 19.8 Å². The van der Waals surface area contributed by atoms with Crippen molar-refractivity contribution in [2.75, 3.05) is 18.0 Å². The summed E-state index contributed by atoms with van der Waals surface area (Å²) in [6.45, 7) is 6.05. The number of thiazole rings is 1. The molecular formula is C22H26N6O2S. The Morgan fingerprint density at radius 2 is 2.13 bits per heavy atom. The fourth-order valence-corrected chi connectivity index (χ4v) is 5.80. The summed E-state index contributed by atoms with van der Waals surface area (Å²) >= 11 is 1.70. The van der Waals surface area contributed by atoms with Gasteiger partial charge in [0, 0.05) is 66.9 Å². The third-order valence-electron chi connectivity index (χ3n) is 6.43. The van der Waals surface area contributed by atoms with Crippen molar-refractivity contribution < 1.29 is 4.79 Å². The van der Waals surface area contributed by atoms with Crippen LogP contribution in [0.25, 0.3) is 0 Å². The van der Waals surface area contributed by atoms with Crippen molar-refractivity contribution in [3.8, 4) is 0 Å². The Hall–Kier alpha value is -2.94. The SMILES string of the molecule is Cc1nc(N2C[C@H]3C[C@@H](C2)[C@H](C(=O)NCc2cnn(C)c2)n2c3cccc2=O)sc1C. The second-order valence-corrected chi connectivity index (χ2v) is 9.76. The molecule has 0 unspecified atom stereocenters. The predicted octanol–water partition coefficient (Wildman–Crippen LogP) is 2.14. The number of anilines is 1. The largest absolute Gasteiger partial charge is 0.350 e. The van der Waals surface area contributed by atoms with Gasteiger partial charge in [-0.05, 0) is 26.3 Å². The summed E-state index contributed by atoms with van der Waals surface area (Å²) < 4.78 is 3.44. The smallest absolute Gasteiger partial charge is 0.251 e. The van der Waals surface area contributed by atoms with Crippen molar-refractivity contribution in [2.24, 2.45) is 13.0 Å². The standard InChI is InChI=1S/C22H26N6O2S/c1-13-14(2)31-22(25-13)27-11-16-7-17(12-27)20(28-18(16)5-4-6-19(28)29)21(30)23-8-15-9-24-26(3)10-15/h4-6,9-10,16-17,20H,7-8,11-12H2,1-3H3,(H,23,30)/t16-,17+,20-/m1/s1. The molecule has 1 saturated heterocycles. The highest BCUT2D eigenvalue weighted by Gasteiger charge is 2.44. The zero-order valence-electron chi connectivity index (χ0n) is 17.9. The van der Waals surface area contributed by atoms with E-state index in [1.54, 1.807) is 38.9 Å². The number of nitrogens with zero attached hydrogens (tertiary/aromatic N) is 5. The van der Waals surface area contributed by atoms with E-state index in [1.807, 2.05) is 26.2 Å². The van der Waals surface area contributed by atoms with Gasteiger partial charge in [0.15, 0.2) is 5.13 Å². The fraction of sp³-hybridized carbons (Fsp3) is 0.455. The maximum Gasteiger partial charge on any atom is 0.251 e. The van der Waals surface area contributed by atoms with Crippen LogP contribution < -0.4 is 15.8 Å². The van der Waals surface area contributed by atoms with Gasteiger partial charge < -0.3 is 10.2 Å². The lowest BCUT2D eigenvalue weighted by atomic mass is 9.78. The Morgan fingerprint density at radius 1 is 1.29 bits per heavy atom. The van der Waals surface area contributed by atoms with E-state index in [2.05, 4.69) is 22.2 Å². The number of hydrogen-bond acceptors (Lipinski definition) is 6. The Morgan fingerprint density at radius 3 is 2.84 bits per heavy atom. The molecule has 8 nitrogen and oxygen atoms in total. The molecule has 5 heterocycles. The van der Waals surface area contributed by atoms with Crippen molar-refractivity contribution >= 4 is 22.4 Å². The number of rotatable bonds is 4. The lowest BCUT2D eigenvalue weighted by molar-refractivity contribution is -0.127. The van der Waals surface area contributed by atoms with E-state index in [0.29, 0.717) is 13.1 Å². The molecule has 1 fully saturated rings. The highest BCUT2D eigenvalue weighted by Crippen LogP contribution is 2.43. The number of aromatic nitrogens is 4. The van der Waals surface area contributed by atoms with Crippen molar-refractivity contribution in [2.45, 2.75) is 38.8 Å². The van der Waals surface area contributed by atoms with Crippen LogP contribution in [0.15, 0.2) is 35.4 Å². The first-order valence-electron chi connectivity index (χ1n) is 10.6. The van der Waals surface area contributed by atoms with Crippen molar-refractivity contribution in [3.05, 3.63) is 62.8 Å². The van der Waals surface area contributed by atoms with E-state index in [4.69, 9.17) is 4.98 Å². The predicted molar refractivity (Wildman–Crippen MR) is 119 cm³/mol. The summed E-state index contributed by atoms with van der Waals surface area (Å²) in [6, 6.07) is 4.82. The molecule has 162 valence electrons. The Balaban J connectivity index is 1.47. The third-order valence-corrected chi connectivity index (χ3v) is 7.56. The van der Waals surface area contributed by atoms with Crippen LogP contribution in [0.5, 0.6) is 0 Å². The molecule has 31 heavy (non-hydrogen) atoms. The number of amides is 1. The topological polar surface area (TPSA) is 85.1 Å². The normalized spacial score (nSPS) is 22.3. The molecule has 3 atom stereocenters. The van der Waals surface area contributed by atoms with Gasteiger partial charge in [-0.15, -0.1) is 11.3 Å². The third kappa shape index (κ3) is 3.56. The first-order chi connectivity index (χ1) is 14.9. The van der Waals surface area contributed by atoms with Gasteiger partial charge in [0.2, 0.25) is 5.91 Å². The molecule has 2 aliphatic heterocycles. The van der Waals surface area contributed by atoms with Crippen LogP contribution in [-0.4, -0.2) is 38.3 Å². The molecule has 3 aromatic rings. The number of pyridine rings is 1. The molecule has 5 rings (SSSR count). The van der Waals surface area contributed by atoms with E-state index < -0.39 is 6.04 Å².